The lowest BCUT2D eigenvalue weighted by Crippen LogP contribution is -2.66. The maximum Gasteiger partial charge on any atom is 0.277 e. The number of fused-ring (bicyclic) bond motifs is 6. The summed E-state index contributed by atoms with van der Waals surface area (Å²) in [6.07, 6.45) is 7.56. The average molecular weight is 514 g/mol. The van der Waals surface area contributed by atoms with Crippen molar-refractivity contribution in [1.82, 2.24) is 14.9 Å². The van der Waals surface area contributed by atoms with Gasteiger partial charge >= 0.3 is 0 Å². The third-order valence-corrected chi connectivity index (χ3v) is 8.44. The topological polar surface area (TPSA) is 76.5 Å². The van der Waals surface area contributed by atoms with Gasteiger partial charge in [0.05, 0.1) is 18.2 Å². The monoisotopic (exact) mass is 513 g/mol. The molecule has 3 unspecified atom stereocenters. The van der Waals surface area contributed by atoms with E-state index in [0.29, 0.717) is 18.4 Å². The summed E-state index contributed by atoms with van der Waals surface area (Å²) in [5, 5.41) is 24.5. The van der Waals surface area contributed by atoms with Gasteiger partial charge in [0.2, 0.25) is 5.82 Å². The Bertz CT molecular complexity index is 1330. The summed E-state index contributed by atoms with van der Waals surface area (Å²) in [6.45, 7) is 2.08. The highest BCUT2D eigenvalue weighted by Crippen LogP contribution is 2.47. The molecule has 2 bridgehead atoms. The molecule has 36 heavy (non-hydrogen) atoms. The Hall–Kier alpha value is -3.21. The van der Waals surface area contributed by atoms with Crippen molar-refractivity contribution in [2.24, 2.45) is 0 Å². The lowest BCUT2D eigenvalue weighted by Gasteiger charge is -2.56. The fraction of sp³-hybridized carbons (Fsp3) is 0.346. The van der Waals surface area contributed by atoms with Crippen molar-refractivity contribution in [3.05, 3.63) is 87.1 Å². The van der Waals surface area contributed by atoms with Gasteiger partial charge in [-0.15, -0.1) is 11.3 Å². The number of hydrazine groups is 1. The third-order valence-electron chi connectivity index (χ3n) is 7.38. The molecule has 10 heteroatoms. The number of rotatable bonds is 1. The minimum Gasteiger partial charge on any atom is -0.507 e. The van der Waals surface area contributed by atoms with E-state index >= 15 is 4.39 Å². The largest absolute Gasteiger partial charge is 0.507 e. The predicted octanol–water partition coefficient (Wildman–Crippen LogP) is 4.27. The molecule has 1 saturated carbocycles. The highest BCUT2D eigenvalue weighted by Gasteiger charge is 2.51. The van der Waals surface area contributed by atoms with Crippen LogP contribution < -0.4 is 4.74 Å². The molecule has 7 nitrogen and oxygen atoms in total. The minimum absolute atomic E-state index is 0.00359. The Labute approximate surface area is 210 Å². The number of nitrogens with zero attached hydrogens (tertiary/aromatic N) is 3. The second-order valence-corrected chi connectivity index (χ2v) is 10.8. The van der Waals surface area contributed by atoms with Gasteiger partial charge in [-0.2, -0.15) is 9.40 Å². The van der Waals surface area contributed by atoms with Crippen LogP contribution in [0.2, 0.25) is 0 Å². The summed E-state index contributed by atoms with van der Waals surface area (Å²) >= 11 is 1.50. The van der Waals surface area contributed by atoms with Crippen LogP contribution in [-0.2, 0) is 4.79 Å². The molecule has 2 aromatic rings. The van der Waals surface area contributed by atoms with E-state index in [-0.39, 0.29) is 24.7 Å². The summed E-state index contributed by atoms with van der Waals surface area (Å²) in [5.74, 6) is -3.14. The van der Waals surface area contributed by atoms with Crippen molar-refractivity contribution in [2.75, 3.05) is 13.3 Å². The van der Waals surface area contributed by atoms with Crippen molar-refractivity contribution in [3.63, 3.8) is 0 Å². The summed E-state index contributed by atoms with van der Waals surface area (Å²) in [5.41, 5.74) is -0.277. The molecule has 2 N–H and O–H groups in total. The molecule has 1 saturated heterocycles. The van der Waals surface area contributed by atoms with Gasteiger partial charge in [-0.1, -0.05) is 12.1 Å². The second-order valence-electron chi connectivity index (χ2n) is 9.48. The van der Waals surface area contributed by atoms with Crippen LogP contribution in [0, 0.1) is 18.6 Å². The fourth-order valence-electron chi connectivity index (χ4n) is 5.40. The van der Waals surface area contributed by atoms with Gasteiger partial charge in [0.15, 0.2) is 23.0 Å². The molecular weight excluding hydrogens is 488 g/mol. The smallest absolute Gasteiger partial charge is 0.277 e. The number of aliphatic hydroxyl groups is 2. The normalized spacial score (nSPS) is 27.7. The van der Waals surface area contributed by atoms with E-state index < -0.39 is 41.0 Å². The number of aryl methyl sites for hydroxylation is 1. The van der Waals surface area contributed by atoms with E-state index in [2.05, 4.69) is 0 Å². The maximum absolute atomic E-state index is 15.2. The van der Waals surface area contributed by atoms with E-state index in [9.17, 15) is 19.4 Å². The minimum atomic E-state index is -1.32. The van der Waals surface area contributed by atoms with Crippen LogP contribution in [0.5, 0.6) is 5.75 Å². The number of amides is 1. The first-order valence-corrected chi connectivity index (χ1v) is 12.6. The Balaban J connectivity index is 1.62. The van der Waals surface area contributed by atoms with Crippen LogP contribution >= 0.6 is 11.3 Å². The Morgan fingerprint density at radius 3 is 2.69 bits per heavy atom. The number of hydrogen-bond donors (Lipinski definition) is 2. The van der Waals surface area contributed by atoms with E-state index in [1.807, 2.05) is 30.1 Å². The van der Waals surface area contributed by atoms with Crippen LogP contribution in [0.25, 0.3) is 0 Å². The molecule has 4 aliphatic rings. The van der Waals surface area contributed by atoms with Crippen molar-refractivity contribution in [3.8, 4) is 5.75 Å². The first kappa shape index (κ1) is 23.2. The molecule has 2 fully saturated rings. The van der Waals surface area contributed by atoms with Crippen molar-refractivity contribution in [1.29, 1.82) is 0 Å². The number of carbonyl (C=O) groups is 1. The molecule has 1 aliphatic carbocycles. The molecule has 4 heterocycles. The highest BCUT2D eigenvalue weighted by molar-refractivity contribution is 7.12. The van der Waals surface area contributed by atoms with E-state index in [1.54, 1.807) is 11.0 Å². The van der Waals surface area contributed by atoms with Crippen LogP contribution in [0.3, 0.4) is 0 Å². The zero-order valence-electron chi connectivity index (χ0n) is 19.5. The number of ether oxygens (including phenoxy) is 1. The predicted molar refractivity (Wildman–Crippen MR) is 129 cm³/mol. The average Bonchev–Trinajstić information content (AvgIpc) is 3.25. The second kappa shape index (κ2) is 8.43. The maximum atomic E-state index is 15.2. The van der Waals surface area contributed by atoms with Gasteiger partial charge in [-0.25, -0.2) is 4.39 Å². The Morgan fingerprint density at radius 2 is 2.00 bits per heavy atom. The number of benzene rings is 1. The summed E-state index contributed by atoms with van der Waals surface area (Å²) in [6, 6.07) is 5.75. The summed E-state index contributed by atoms with van der Waals surface area (Å²) in [4.78, 5) is 17.4. The lowest BCUT2D eigenvalue weighted by molar-refractivity contribution is -0.163. The highest BCUT2D eigenvalue weighted by atomic mass is 32.1. The molecule has 3 atom stereocenters. The van der Waals surface area contributed by atoms with Gasteiger partial charge in [0.25, 0.3) is 5.91 Å². The molecular formula is C26H25F2N3O4S. The van der Waals surface area contributed by atoms with Crippen LogP contribution in [-0.4, -0.2) is 56.0 Å². The SMILES string of the molecule is Cc1ccc(C2c3ccc(F)c(F)c3OC/C=C/C3(CCC3)N3CN2N2C=CC(O)C(O)=C2C3=O)s1. The Morgan fingerprint density at radius 1 is 1.19 bits per heavy atom. The van der Waals surface area contributed by atoms with Gasteiger partial charge in [0.1, 0.15) is 12.7 Å². The fourth-order valence-corrected chi connectivity index (χ4v) is 6.40. The molecule has 1 aromatic heterocycles. The first-order chi connectivity index (χ1) is 17.3. The molecule has 1 amide bonds. The van der Waals surface area contributed by atoms with E-state index in [4.69, 9.17) is 4.74 Å². The van der Waals surface area contributed by atoms with Crippen molar-refractivity contribution < 1.29 is 28.5 Å². The van der Waals surface area contributed by atoms with E-state index in [1.165, 1.54) is 34.7 Å². The summed E-state index contributed by atoms with van der Waals surface area (Å²) < 4.78 is 35.4. The molecule has 0 radical (unpaired) electrons. The summed E-state index contributed by atoms with van der Waals surface area (Å²) in [7, 11) is 0. The van der Waals surface area contributed by atoms with E-state index in [0.717, 1.165) is 22.2 Å². The van der Waals surface area contributed by atoms with Gasteiger partial charge in [0, 0.05) is 21.5 Å². The number of aliphatic hydroxyl groups excluding tert-OH is 2. The number of halogens is 2. The quantitative estimate of drug-likeness (QED) is 0.555. The zero-order valence-corrected chi connectivity index (χ0v) is 20.3. The number of thiophene rings is 1. The molecule has 3 aliphatic heterocycles. The molecule has 188 valence electrons. The number of carbonyl (C=O) groups excluding carboxylic acids is 1. The van der Waals surface area contributed by atoms with Gasteiger partial charge in [-0.3, -0.25) is 9.80 Å². The zero-order chi connectivity index (χ0) is 25.2. The molecule has 6 rings (SSSR count). The standard InChI is InChI=1S/C26H25F2N3O4S/c1-15-4-7-19(36-15)21-16-5-6-17(27)20(28)24(16)35-13-3-11-26(9-2-10-26)29-14-31(21)30-12-8-18(32)23(33)22(30)25(29)34/h3-8,11-12,18,21,32-33H,2,9-10,13-14H2,1H3/b11-3+. The van der Waals surface area contributed by atoms with Crippen molar-refractivity contribution >= 4 is 17.2 Å². The lowest BCUT2D eigenvalue weighted by atomic mass is 9.74. The Kier molecular flexibility index (Phi) is 5.43. The third kappa shape index (κ3) is 3.39. The first-order valence-electron chi connectivity index (χ1n) is 11.8. The van der Waals surface area contributed by atoms with Gasteiger partial charge < -0.3 is 19.8 Å². The number of hydrogen-bond acceptors (Lipinski definition) is 7. The van der Waals surface area contributed by atoms with Crippen LogP contribution in [0.15, 0.2) is 60.1 Å². The molecule has 1 spiro atoms. The van der Waals surface area contributed by atoms with Crippen LogP contribution in [0.4, 0.5) is 8.78 Å². The molecule has 1 aromatic carbocycles. The van der Waals surface area contributed by atoms with Crippen LogP contribution in [0.1, 0.15) is 40.6 Å². The van der Waals surface area contributed by atoms with Gasteiger partial charge in [-0.05, 0) is 56.5 Å². The van der Waals surface area contributed by atoms with Crippen molar-refractivity contribution in [2.45, 2.75) is 43.9 Å².